The second kappa shape index (κ2) is 9.04. The first kappa shape index (κ1) is 18.0. The molecular weight excluding hydrogens is 332 g/mol. The number of carbonyl (C=O) groups is 1. The van der Waals surface area contributed by atoms with Crippen LogP contribution in [-0.2, 0) is 13.1 Å². The van der Waals surface area contributed by atoms with E-state index in [1.807, 2.05) is 17.8 Å². The number of benzene rings is 2. The quantitative estimate of drug-likeness (QED) is 0.798. The molecule has 2 aromatic carbocycles. The van der Waals surface area contributed by atoms with Gasteiger partial charge in [0, 0.05) is 43.7 Å². The van der Waals surface area contributed by atoms with Crippen LogP contribution in [0.2, 0.25) is 0 Å². The van der Waals surface area contributed by atoms with E-state index in [9.17, 15) is 4.79 Å². The topological polar surface area (TPSA) is 52.6 Å². The molecule has 0 saturated carbocycles. The number of carboxylic acid groups (broad SMARTS) is 1. The molecule has 0 radical (unpaired) electrons. The Labute approximate surface area is 153 Å². The summed E-state index contributed by atoms with van der Waals surface area (Å²) >= 11 is 2.01. The van der Waals surface area contributed by atoms with Crippen molar-refractivity contribution >= 4 is 17.7 Å². The molecule has 1 aliphatic rings. The van der Waals surface area contributed by atoms with Gasteiger partial charge < -0.3 is 10.4 Å². The van der Waals surface area contributed by atoms with E-state index < -0.39 is 5.97 Å². The number of hydrogen-bond acceptors (Lipinski definition) is 4. The maximum Gasteiger partial charge on any atom is 0.335 e. The number of carboxylic acids is 1. The predicted molar refractivity (Wildman–Crippen MR) is 103 cm³/mol. The molecule has 1 fully saturated rings. The van der Waals surface area contributed by atoms with Crippen LogP contribution in [0.5, 0.6) is 0 Å². The van der Waals surface area contributed by atoms with Crippen LogP contribution in [0.15, 0.2) is 54.6 Å². The summed E-state index contributed by atoms with van der Waals surface area (Å²) in [7, 11) is 0. The van der Waals surface area contributed by atoms with Crippen LogP contribution in [0.4, 0.5) is 0 Å². The van der Waals surface area contributed by atoms with E-state index in [1.165, 1.54) is 11.3 Å². The Morgan fingerprint density at radius 2 is 1.96 bits per heavy atom. The molecule has 5 heteroatoms. The van der Waals surface area contributed by atoms with Crippen molar-refractivity contribution in [1.29, 1.82) is 0 Å². The molecule has 0 bridgehead atoms. The first-order valence-electron chi connectivity index (χ1n) is 8.61. The average molecular weight is 356 g/mol. The van der Waals surface area contributed by atoms with Gasteiger partial charge in [-0.25, -0.2) is 4.79 Å². The van der Waals surface area contributed by atoms with Crippen LogP contribution in [0.3, 0.4) is 0 Å². The zero-order chi connectivity index (χ0) is 17.5. The first-order valence-corrected chi connectivity index (χ1v) is 9.76. The van der Waals surface area contributed by atoms with Gasteiger partial charge in [0.25, 0.3) is 0 Å². The van der Waals surface area contributed by atoms with Gasteiger partial charge in [0.1, 0.15) is 0 Å². The highest BCUT2D eigenvalue weighted by atomic mass is 32.2. The second-order valence-corrected chi connectivity index (χ2v) is 7.47. The monoisotopic (exact) mass is 356 g/mol. The minimum absolute atomic E-state index is 0.346. The number of rotatable bonds is 7. The van der Waals surface area contributed by atoms with E-state index in [1.54, 1.807) is 18.2 Å². The predicted octanol–water partition coefficient (Wildman–Crippen LogP) is 3.09. The van der Waals surface area contributed by atoms with E-state index in [-0.39, 0.29) is 0 Å². The molecule has 2 aromatic rings. The molecule has 0 aliphatic carbocycles. The van der Waals surface area contributed by atoms with Crippen molar-refractivity contribution in [2.24, 2.45) is 0 Å². The van der Waals surface area contributed by atoms with Gasteiger partial charge in [-0.1, -0.05) is 42.5 Å². The second-order valence-electron chi connectivity index (χ2n) is 6.32. The lowest BCUT2D eigenvalue weighted by Gasteiger charge is -2.35. The standard InChI is InChI=1S/C20H24N2O2S/c23-20(24)18-8-4-7-17(11-18)12-21-13-19-15-25-10-9-22(19)14-16-5-2-1-3-6-16/h1-8,11,19,21H,9-10,12-15H2,(H,23,24). The molecule has 1 heterocycles. The van der Waals surface area contributed by atoms with Gasteiger partial charge in [0.05, 0.1) is 5.56 Å². The molecule has 25 heavy (non-hydrogen) atoms. The molecule has 0 spiro atoms. The van der Waals surface area contributed by atoms with Crippen LogP contribution in [-0.4, -0.2) is 46.6 Å². The molecule has 3 rings (SSSR count). The average Bonchev–Trinajstić information content (AvgIpc) is 2.64. The highest BCUT2D eigenvalue weighted by Crippen LogP contribution is 2.19. The van der Waals surface area contributed by atoms with E-state index in [0.717, 1.165) is 31.0 Å². The molecule has 1 unspecified atom stereocenters. The molecule has 2 N–H and O–H groups in total. The Hall–Kier alpha value is -1.82. The largest absolute Gasteiger partial charge is 0.478 e. The van der Waals surface area contributed by atoms with Gasteiger partial charge in [-0.05, 0) is 23.3 Å². The minimum atomic E-state index is -0.875. The van der Waals surface area contributed by atoms with Crippen molar-refractivity contribution in [3.05, 3.63) is 71.3 Å². The Morgan fingerprint density at radius 3 is 2.76 bits per heavy atom. The van der Waals surface area contributed by atoms with E-state index in [2.05, 4.69) is 40.5 Å². The summed E-state index contributed by atoms with van der Waals surface area (Å²) in [5.74, 6) is 1.44. The summed E-state index contributed by atoms with van der Waals surface area (Å²) < 4.78 is 0. The normalized spacial score (nSPS) is 18.2. The number of aromatic carboxylic acids is 1. The highest BCUT2D eigenvalue weighted by molar-refractivity contribution is 7.99. The Balaban J connectivity index is 1.53. The van der Waals surface area contributed by atoms with Crippen molar-refractivity contribution in [2.45, 2.75) is 19.1 Å². The number of hydrogen-bond donors (Lipinski definition) is 2. The van der Waals surface area contributed by atoms with Crippen molar-refractivity contribution in [1.82, 2.24) is 10.2 Å². The zero-order valence-electron chi connectivity index (χ0n) is 14.2. The Kier molecular flexibility index (Phi) is 6.50. The lowest BCUT2D eigenvalue weighted by Crippen LogP contribution is -2.47. The van der Waals surface area contributed by atoms with Crippen molar-refractivity contribution in [2.75, 3.05) is 24.6 Å². The fourth-order valence-corrected chi connectivity index (χ4v) is 4.23. The molecular formula is C20H24N2O2S. The number of nitrogens with one attached hydrogen (secondary N) is 1. The number of nitrogens with zero attached hydrogens (tertiary/aromatic N) is 1. The fourth-order valence-electron chi connectivity index (χ4n) is 3.10. The van der Waals surface area contributed by atoms with Crippen molar-refractivity contribution in [3.8, 4) is 0 Å². The van der Waals surface area contributed by atoms with Gasteiger partial charge in [-0.3, -0.25) is 4.90 Å². The third-order valence-corrected chi connectivity index (χ3v) is 5.55. The summed E-state index contributed by atoms with van der Waals surface area (Å²) in [6.45, 7) is 3.71. The fraction of sp³-hybridized carbons (Fsp3) is 0.350. The summed E-state index contributed by atoms with van der Waals surface area (Å²) in [5.41, 5.74) is 2.71. The zero-order valence-corrected chi connectivity index (χ0v) is 15.0. The third kappa shape index (κ3) is 5.33. The summed E-state index contributed by atoms with van der Waals surface area (Å²) in [6, 6.07) is 18.3. The Bertz CT molecular complexity index is 693. The minimum Gasteiger partial charge on any atom is -0.478 e. The van der Waals surface area contributed by atoms with Gasteiger partial charge >= 0.3 is 5.97 Å². The van der Waals surface area contributed by atoms with Crippen LogP contribution >= 0.6 is 11.8 Å². The lowest BCUT2D eigenvalue weighted by molar-refractivity contribution is 0.0696. The summed E-state index contributed by atoms with van der Waals surface area (Å²) in [5, 5.41) is 12.6. The van der Waals surface area contributed by atoms with Gasteiger partial charge in [-0.15, -0.1) is 0 Å². The van der Waals surface area contributed by atoms with E-state index in [0.29, 0.717) is 18.2 Å². The maximum atomic E-state index is 11.1. The molecule has 1 aliphatic heterocycles. The van der Waals surface area contributed by atoms with E-state index >= 15 is 0 Å². The van der Waals surface area contributed by atoms with Crippen LogP contribution in [0, 0.1) is 0 Å². The lowest BCUT2D eigenvalue weighted by atomic mass is 10.1. The molecule has 1 saturated heterocycles. The van der Waals surface area contributed by atoms with Crippen molar-refractivity contribution in [3.63, 3.8) is 0 Å². The molecule has 4 nitrogen and oxygen atoms in total. The highest BCUT2D eigenvalue weighted by Gasteiger charge is 2.22. The number of thioether (sulfide) groups is 1. The van der Waals surface area contributed by atoms with Crippen LogP contribution in [0.1, 0.15) is 21.5 Å². The smallest absolute Gasteiger partial charge is 0.335 e. The molecule has 132 valence electrons. The van der Waals surface area contributed by atoms with E-state index in [4.69, 9.17) is 5.11 Å². The third-order valence-electron chi connectivity index (χ3n) is 4.46. The van der Waals surface area contributed by atoms with Gasteiger partial charge in [-0.2, -0.15) is 11.8 Å². The summed E-state index contributed by atoms with van der Waals surface area (Å²) in [4.78, 5) is 13.6. The summed E-state index contributed by atoms with van der Waals surface area (Å²) in [6.07, 6.45) is 0. The molecule has 0 amide bonds. The molecule has 0 aromatic heterocycles. The van der Waals surface area contributed by atoms with Gasteiger partial charge in [0.2, 0.25) is 0 Å². The van der Waals surface area contributed by atoms with Crippen LogP contribution < -0.4 is 5.32 Å². The Morgan fingerprint density at radius 1 is 1.16 bits per heavy atom. The van der Waals surface area contributed by atoms with Crippen molar-refractivity contribution < 1.29 is 9.90 Å². The first-order chi connectivity index (χ1) is 12.2. The maximum absolute atomic E-state index is 11.1. The van der Waals surface area contributed by atoms with Gasteiger partial charge in [0.15, 0.2) is 0 Å². The van der Waals surface area contributed by atoms with Crippen LogP contribution in [0.25, 0.3) is 0 Å². The SMILES string of the molecule is O=C(O)c1cccc(CNCC2CSCCN2Cc2ccccc2)c1. The molecule has 1 atom stereocenters.